The fourth-order valence-corrected chi connectivity index (χ4v) is 4.73. The number of fused-ring (bicyclic) bond motifs is 1. The number of carbonyl (C=O) groups excluding carboxylic acids is 1. The van der Waals surface area contributed by atoms with Crippen molar-refractivity contribution >= 4 is 23.4 Å². The van der Waals surface area contributed by atoms with Crippen LogP contribution in [-0.2, 0) is 17.4 Å². The lowest BCUT2D eigenvalue weighted by Crippen LogP contribution is -2.30. The normalized spacial score (nSPS) is 13.2. The van der Waals surface area contributed by atoms with Crippen LogP contribution >= 0.6 is 11.8 Å². The molecule has 0 radical (unpaired) electrons. The monoisotopic (exact) mass is 481 g/mol. The highest BCUT2D eigenvalue weighted by Gasteiger charge is 2.31. The standard InChI is InChI=1S/C24H18F3N5OS/c25-24(26,27)18-7-3-8-19(13-18)32-22(17-6-4-11-28-14-17)29-30-23(32)34-15-21(33)31-12-10-16-5-1-2-9-20(16)31/h1-9,11,13-14H,10,12,15H2. The first-order valence-electron chi connectivity index (χ1n) is 10.5. The van der Waals surface area contributed by atoms with Gasteiger partial charge in [-0.2, -0.15) is 13.2 Å². The highest BCUT2D eigenvalue weighted by atomic mass is 32.2. The molecule has 5 rings (SSSR count). The molecule has 34 heavy (non-hydrogen) atoms. The Labute approximate surface area is 197 Å². The molecule has 0 spiro atoms. The van der Waals surface area contributed by atoms with Crippen LogP contribution in [0.15, 0.2) is 78.2 Å². The second kappa shape index (κ2) is 8.94. The Kier molecular flexibility index (Phi) is 5.82. The molecule has 0 fully saturated rings. The predicted octanol–water partition coefficient (Wildman–Crippen LogP) is 5.03. The lowest BCUT2D eigenvalue weighted by molar-refractivity contribution is -0.137. The Morgan fingerprint density at radius 1 is 1.03 bits per heavy atom. The van der Waals surface area contributed by atoms with Gasteiger partial charge < -0.3 is 4.90 Å². The van der Waals surface area contributed by atoms with Crippen LogP contribution in [0.4, 0.5) is 18.9 Å². The van der Waals surface area contributed by atoms with Crippen molar-refractivity contribution in [2.75, 3.05) is 17.2 Å². The van der Waals surface area contributed by atoms with Gasteiger partial charge in [0.25, 0.3) is 0 Å². The second-order valence-electron chi connectivity index (χ2n) is 7.64. The van der Waals surface area contributed by atoms with Gasteiger partial charge in [0, 0.05) is 30.2 Å². The summed E-state index contributed by atoms with van der Waals surface area (Å²) in [7, 11) is 0. The number of pyridine rings is 1. The summed E-state index contributed by atoms with van der Waals surface area (Å²) in [5.74, 6) is 0.309. The third kappa shape index (κ3) is 4.28. The van der Waals surface area contributed by atoms with Gasteiger partial charge in [-0.3, -0.25) is 14.3 Å². The first-order chi connectivity index (χ1) is 16.4. The Morgan fingerprint density at radius 2 is 1.88 bits per heavy atom. The third-order valence-corrected chi connectivity index (χ3v) is 6.41. The van der Waals surface area contributed by atoms with Gasteiger partial charge in [-0.05, 0) is 48.4 Å². The number of thioether (sulfide) groups is 1. The molecule has 1 aliphatic rings. The van der Waals surface area contributed by atoms with Crippen LogP contribution in [-0.4, -0.2) is 38.0 Å². The van der Waals surface area contributed by atoms with E-state index in [9.17, 15) is 18.0 Å². The van der Waals surface area contributed by atoms with Crippen LogP contribution in [0.25, 0.3) is 17.1 Å². The molecule has 0 atom stereocenters. The molecule has 0 saturated carbocycles. The Hall–Kier alpha value is -3.66. The molecule has 0 aliphatic carbocycles. The number of hydrogen-bond acceptors (Lipinski definition) is 5. The van der Waals surface area contributed by atoms with Gasteiger partial charge in [-0.25, -0.2) is 0 Å². The third-order valence-electron chi connectivity index (χ3n) is 5.50. The fraction of sp³-hybridized carbons (Fsp3) is 0.167. The molecule has 4 aromatic rings. The summed E-state index contributed by atoms with van der Waals surface area (Å²) < 4.78 is 41.7. The molecule has 1 amide bonds. The van der Waals surface area contributed by atoms with E-state index in [1.165, 1.54) is 10.6 Å². The van der Waals surface area contributed by atoms with Gasteiger partial charge in [0.2, 0.25) is 5.91 Å². The summed E-state index contributed by atoms with van der Waals surface area (Å²) >= 11 is 1.14. The number of halogens is 3. The molecule has 0 bridgehead atoms. The number of carbonyl (C=O) groups is 1. The minimum absolute atomic E-state index is 0.0679. The van der Waals surface area contributed by atoms with E-state index in [0.29, 0.717) is 23.1 Å². The molecule has 2 aromatic carbocycles. The lowest BCUT2D eigenvalue weighted by Gasteiger charge is -2.17. The van der Waals surface area contributed by atoms with Crippen molar-refractivity contribution in [3.63, 3.8) is 0 Å². The van der Waals surface area contributed by atoms with Crippen LogP contribution in [0.3, 0.4) is 0 Å². The average Bonchev–Trinajstić information content (AvgIpc) is 3.47. The zero-order valence-electron chi connectivity index (χ0n) is 17.7. The van der Waals surface area contributed by atoms with E-state index in [1.807, 2.05) is 24.3 Å². The molecule has 1 aliphatic heterocycles. The molecule has 3 heterocycles. The summed E-state index contributed by atoms with van der Waals surface area (Å²) in [5, 5.41) is 8.73. The Morgan fingerprint density at radius 3 is 2.68 bits per heavy atom. The number of rotatable bonds is 5. The van der Waals surface area contributed by atoms with Gasteiger partial charge in [-0.1, -0.05) is 36.0 Å². The Balaban J connectivity index is 1.48. The number of nitrogens with zero attached hydrogens (tertiary/aromatic N) is 5. The van der Waals surface area contributed by atoms with E-state index in [-0.39, 0.29) is 17.3 Å². The number of amides is 1. The molecule has 2 aromatic heterocycles. The summed E-state index contributed by atoms with van der Waals surface area (Å²) in [5.41, 5.74) is 2.08. The van der Waals surface area contributed by atoms with Crippen molar-refractivity contribution in [2.24, 2.45) is 0 Å². The predicted molar refractivity (Wildman–Crippen MR) is 123 cm³/mol. The first-order valence-corrected chi connectivity index (χ1v) is 11.4. The highest BCUT2D eigenvalue weighted by molar-refractivity contribution is 7.99. The van der Waals surface area contributed by atoms with Crippen molar-refractivity contribution in [3.8, 4) is 17.1 Å². The molecular weight excluding hydrogens is 463 g/mol. The zero-order chi connectivity index (χ0) is 23.7. The van der Waals surface area contributed by atoms with Crippen molar-refractivity contribution in [1.29, 1.82) is 0 Å². The number of aromatic nitrogens is 4. The van der Waals surface area contributed by atoms with Gasteiger partial charge in [0.1, 0.15) is 0 Å². The largest absolute Gasteiger partial charge is 0.416 e. The lowest BCUT2D eigenvalue weighted by atomic mass is 10.2. The molecule has 0 saturated heterocycles. The first kappa shape index (κ1) is 22.1. The number of para-hydroxylation sites is 1. The fourth-order valence-electron chi connectivity index (χ4n) is 3.90. The van der Waals surface area contributed by atoms with Crippen LogP contribution in [0, 0.1) is 0 Å². The smallest absolute Gasteiger partial charge is 0.311 e. The minimum Gasteiger partial charge on any atom is -0.311 e. The zero-order valence-corrected chi connectivity index (χ0v) is 18.6. The highest BCUT2D eigenvalue weighted by Crippen LogP contribution is 2.34. The number of benzene rings is 2. The van der Waals surface area contributed by atoms with E-state index in [4.69, 9.17) is 0 Å². The SMILES string of the molecule is O=C(CSc1nnc(-c2cccnc2)n1-c1cccc(C(F)(F)F)c1)N1CCc2ccccc21. The van der Waals surface area contributed by atoms with E-state index in [1.54, 1.807) is 35.5 Å². The van der Waals surface area contributed by atoms with Gasteiger partial charge >= 0.3 is 6.18 Å². The Bertz CT molecular complexity index is 1340. The molecule has 0 N–H and O–H groups in total. The van der Waals surface area contributed by atoms with Crippen LogP contribution in [0.5, 0.6) is 0 Å². The van der Waals surface area contributed by atoms with E-state index in [2.05, 4.69) is 15.2 Å². The van der Waals surface area contributed by atoms with Crippen LogP contribution in [0.2, 0.25) is 0 Å². The minimum atomic E-state index is -4.50. The van der Waals surface area contributed by atoms with E-state index < -0.39 is 11.7 Å². The topological polar surface area (TPSA) is 63.9 Å². The summed E-state index contributed by atoms with van der Waals surface area (Å²) in [6.07, 6.45) is -0.547. The van der Waals surface area contributed by atoms with E-state index >= 15 is 0 Å². The van der Waals surface area contributed by atoms with Crippen molar-refractivity contribution in [1.82, 2.24) is 19.7 Å². The molecule has 0 unspecified atom stereocenters. The molecule has 6 nitrogen and oxygen atoms in total. The quantitative estimate of drug-likeness (QED) is 0.374. The summed E-state index contributed by atoms with van der Waals surface area (Å²) in [4.78, 5) is 18.8. The van der Waals surface area contributed by atoms with Gasteiger partial charge in [-0.15, -0.1) is 10.2 Å². The van der Waals surface area contributed by atoms with Gasteiger partial charge in [0.15, 0.2) is 11.0 Å². The van der Waals surface area contributed by atoms with Crippen LogP contribution in [0.1, 0.15) is 11.1 Å². The van der Waals surface area contributed by atoms with E-state index in [0.717, 1.165) is 41.6 Å². The van der Waals surface area contributed by atoms with Crippen molar-refractivity contribution in [2.45, 2.75) is 17.8 Å². The maximum atomic E-state index is 13.4. The number of anilines is 1. The van der Waals surface area contributed by atoms with Crippen LogP contribution < -0.4 is 4.90 Å². The molecular formula is C24H18F3N5OS. The maximum Gasteiger partial charge on any atom is 0.416 e. The number of alkyl halides is 3. The summed E-state index contributed by atoms with van der Waals surface area (Å²) in [6.45, 7) is 0.597. The average molecular weight is 482 g/mol. The van der Waals surface area contributed by atoms with Crippen molar-refractivity contribution < 1.29 is 18.0 Å². The van der Waals surface area contributed by atoms with Gasteiger partial charge in [0.05, 0.1) is 17.0 Å². The molecule has 172 valence electrons. The van der Waals surface area contributed by atoms with Crippen molar-refractivity contribution in [3.05, 3.63) is 84.2 Å². The maximum absolute atomic E-state index is 13.4. The number of hydrogen-bond donors (Lipinski definition) is 0. The second-order valence-corrected chi connectivity index (χ2v) is 8.59. The molecule has 10 heteroatoms. The summed E-state index contributed by atoms with van der Waals surface area (Å²) in [6, 6.07) is 16.2.